The summed E-state index contributed by atoms with van der Waals surface area (Å²) < 4.78 is 0. The van der Waals surface area contributed by atoms with E-state index in [4.69, 9.17) is 10.4 Å². The predicted molar refractivity (Wildman–Crippen MR) is 63.4 cm³/mol. The summed E-state index contributed by atoms with van der Waals surface area (Å²) in [5.74, 6) is 0.0230. The zero-order valence-electron chi connectivity index (χ0n) is 9.68. The van der Waals surface area contributed by atoms with Gasteiger partial charge in [-0.25, -0.2) is 0 Å². The Kier molecular flexibility index (Phi) is 3.12. The van der Waals surface area contributed by atoms with E-state index in [-0.39, 0.29) is 18.4 Å². The summed E-state index contributed by atoms with van der Waals surface area (Å²) in [4.78, 5) is 13.5. The highest BCUT2D eigenvalue weighted by Crippen LogP contribution is 2.28. The summed E-state index contributed by atoms with van der Waals surface area (Å²) in [5.41, 5.74) is 2.30. The lowest BCUT2D eigenvalue weighted by Crippen LogP contribution is -2.25. The predicted octanol–water partition coefficient (Wildman–Crippen LogP) is 1.21. The van der Waals surface area contributed by atoms with E-state index in [9.17, 15) is 4.79 Å². The highest BCUT2D eigenvalue weighted by atomic mass is 16.3. The molecule has 1 aromatic carbocycles. The number of amides is 1. The zero-order chi connectivity index (χ0) is 12.4. The van der Waals surface area contributed by atoms with Gasteiger partial charge >= 0.3 is 0 Å². The highest BCUT2D eigenvalue weighted by molar-refractivity contribution is 5.96. The van der Waals surface area contributed by atoms with Gasteiger partial charge in [0, 0.05) is 31.2 Å². The molecule has 0 aromatic heterocycles. The molecule has 1 aromatic rings. The van der Waals surface area contributed by atoms with Gasteiger partial charge in [-0.2, -0.15) is 5.26 Å². The molecule has 17 heavy (non-hydrogen) atoms. The van der Waals surface area contributed by atoms with Gasteiger partial charge < -0.3 is 10.0 Å². The molecular formula is C13H14N2O2. The van der Waals surface area contributed by atoms with E-state index in [0.717, 1.165) is 11.3 Å². The fraction of sp³-hybridized carbons (Fsp3) is 0.385. The van der Waals surface area contributed by atoms with Crippen LogP contribution in [0.4, 0.5) is 5.69 Å². The standard InChI is InChI=1S/C13H14N2O2/c1-9-2-3-10(6-14)4-12(9)15-7-11(8-16)5-13(15)17/h2-4,11,16H,5,7-8H2,1H3. The summed E-state index contributed by atoms with van der Waals surface area (Å²) in [5, 5.41) is 18.0. The maximum absolute atomic E-state index is 11.8. The fourth-order valence-electron chi connectivity index (χ4n) is 2.11. The topological polar surface area (TPSA) is 64.3 Å². The molecule has 1 heterocycles. The number of benzene rings is 1. The number of anilines is 1. The van der Waals surface area contributed by atoms with Gasteiger partial charge in [-0.15, -0.1) is 0 Å². The molecular weight excluding hydrogens is 216 g/mol. The third kappa shape index (κ3) is 2.15. The minimum atomic E-state index is 0.00708. The van der Waals surface area contributed by atoms with Crippen LogP contribution in [0.25, 0.3) is 0 Å². The van der Waals surface area contributed by atoms with Crippen molar-refractivity contribution in [3.63, 3.8) is 0 Å². The average Bonchev–Trinajstić information content (AvgIpc) is 2.71. The molecule has 0 aliphatic carbocycles. The molecule has 1 N–H and O–H groups in total. The van der Waals surface area contributed by atoms with E-state index in [1.54, 1.807) is 17.0 Å². The molecule has 4 nitrogen and oxygen atoms in total. The first-order valence-electron chi connectivity index (χ1n) is 5.57. The Morgan fingerprint density at radius 2 is 2.35 bits per heavy atom. The molecule has 1 fully saturated rings. The number of carbonyl (C=O) groups is 1. The SMILES string of the molecule is Cc1ccc(C#N)cc1N1CC(CO)CC1=O. The van der Waals surface area contributed by atoms with Crippen LogP contribution >= 0.6 is 0 Å². The molecule has 1 amide bonds. The van der Waals surface area contributed by atoms with Gasteiger partial charge in [-0.1, -0.05) is 6.07 Å². The van der Waals surface area contributed by atoms with E-state index in [2.05, 4.69) is 6.07 Å². The second kappa shape index (κ2) is 4.56. The van der Waals surface area contributed by atoms with Crippen molar-refractivity contribution in [3.8, 4) is 6.07 Å². The molecule has 88 valence electrons. The third-order valence-electron chi connectivity index (χ3n) is 3.09. The van der Waals surface area contributed by atoms with Crippen LogP contribution in [0.15, 0.2) is 18.2 Å². The van der Waals surface area contributed by atoms with Crippen LogP contribution in [0, 0.1) is 24.2 Å². The average molecular weight is 230 g/mol. The Labute approximate surface area is 100 Å². The summed E-state index contributed by atoms with van der Waals surface area (Å²) in [6, 6.07) is 7.38. The maximum Gasteiger partial charge on any atom is 0.227 e. The number of nitriles is 1. The van der Waals surface area contributed by atoms with Crippen LogP contribution in [-0.4, -0.2) is 24.2 Å². The zero-order valence-corrected chi connectivity index (χ0v) is 9.68. The lowest BCUT2D eigenvalue weighted by molar-refractivity contribution is -0.117. The van der Waals surface area contributed by atoms with Gasteiger partial charge in [-0.3, -0.25) is 4.79 Å². The summed E-state index contributed by atoms with van der Waals surface area (Å²) >= 11 is 0. The molecule has 1 atom stereocenters. The van der Waals surface area contributed by atoms with Crippen molar-refractivity contribution >= 4 is 11.6 Å². The van der Waals surface area contributed by atoms with Crippen molar-refractivity contribution in [2.75, 3.05) is 18.1 Å². The van der Waals surface area contributed by atoms with Crippen molar-refractivity contribution in [1.82, 2.24) is 0 Å². The number of aliphatic hydroxyl groups excluding tert-OH is 1. The molecule has 0 bridgehead atoms. The molecule has 0 spiro atoms. The van der Waals surface area contributed by atoms with Crippen molar-refractivity contribution < 1.29 is 9.90 Å². The molecule has 1 unspecified atom stereocenters. The number of hydrogen-bond donors (Lipinski definition) is 1. The summed E-state index contributed by atoms with van der Waals surface area (Å²) in [7, 11) is 0. The van der Waals surface area contributed by atoms with Gasteiger partial charge in [0.05, 0.1) is 11.6 Å². The summed E-state index contributed by atoms with van der Waals surface area (Å²) in [6.45, 7) is 2.47. The highest BCUT2D eigenvalue weighted by Gasteiger charge is 2.30. The first-order valence-corrected chi connectivity index (χ1v) is 5.57. The molecule has 2 rings (SSSR count). The van der Waals surface area contributed by atoms with Crippen LogP contribution < -0.4 is 4.90 Å². The normalized spacial score (nSPS) is 19.5. The number of hydrogen-bond acceptors (Lipinski definition) is 3. The molecule has 1 aliphatic rings. The van der Waals surface area contributed by atoms with Gasteiger partial charge in [0.25, 0.3) is 0 Å². The van der Waals surface area contributed by atoms with E-state index < -0.39 is 0 Å². The molecule has 0 saturated carbocycles. The number of carbonyl (C=O) groups excluding carboxylic acids is 1. The van der Waals surface area contributed by atoms with Gasteiger partial charge in [-0.05, 0) is 24.6 Å². The number of nitrogens with zero attached hydrogens (tertiary/aromatic N) is 2. The minimum absolute atomic E-state index is 0.00708. The Bertz CT molecular complexity index is 491. The third-order valence-corrected chi connectivity index (χ3v) is 3.09. The quantitative estimate of drug-likeness (QED) is 0.830. The van der Waals surface area contributed by atoms with E-state index in [0.29, 0.717) is 18.5 Å². The second-order valence-corrected chi connectivity index (χ2v) is 4.37. The van der Waals surface area contributed by atoms with E-state index in [1.165, 1.54) is 0 Å². The van der Waals surface area contributed by atoms with Crippen molar-refractivity contribution in [2.45, 2.75) is 13.3 Å². The monoisotopic (exact) mass is 230 g/mol. The largest absolute Gasteiger partial charge is 0.396 e. The molecule has 0 radical (unpaired) electrons. The maximum atomic E-state index is 11.8. The molecule has 1 aliphatic heterocycles. The number of aliphatic hydroxyl groups is 1. The van der Waals surface area contributed by atoms with Crippen LogP contribution in [0.5, 0.6) is 0 Å². The van der Waals surface area contributed by atoms with Crippen LogP contribution in [0.1, 0.15) is 17.5 Å². The second-order valence-electron chi connectivity index (χ2n) is 4.37. The van der Waals surface area contributed by atoms with Crippen molar-refractivity contribution in [2.24, 2.45) is 5.92 Å². The Morgan fingerprint density at radius 1 is 1.59 bits per heavy atom. The van der Waals surface area contributed by atoms with E-state index >= 15 is 0 Å². The fourth-order valence-corrected chi connectivity index (χ4v) is 2.11. The lowest BCUT2D eigenvalue weighted by Gasteiger charge is -2.19. The Morgan fingerprint density at radius 3 is 2.94 bits per heavy atom. The molecule has 1 saturated heterocycles. The van der Waals surface area contributed by atoms with Crippen LogP contribution in [-0.2, 0) is 4.79 Å². The van der Waals surface area contributed by atoms with Gasteiger partial charge in [0.2, 0.25) is 5.91 Å². The van der Waals surface area contributed by atoms with Crippen LogP contribution in [0.3, 0.4) is 0 Å². The van der Waals surface area contributed by atoms with Gasteiger partial charge in [0.1, 0.15) is 0 Å². The number of rotatable bonds is 2. The molecule has 4 heteroatoms. The Hall–Kier alpha value is -1.86. The van der Waals surface area contributed by atoms with Crippen LogP contribution in [0.2, 0.25) is 0 Å². The smallest absolute Gasteiger partial charge is 0.227 e. The van der Waals surface area contributed by atoms with E-state index in [1.807, 2.05) is 13.0 Å². The lowest BCUT2D eigenvalue weighted by atomic mass is 10.1. The first kappa shape index (κ1) is 11.6. The Balaban J connectivity index is 2.34. The number of aryl methyl sites for hydroxylation is 1. The van der Waals surface area contributed by atoms with Crippen molar-refractivity contribution in [1.29, 1.82) is 5.26 Å². The van der Waals surface area contributed by atoms with Gasteiger partial charge in [0.15, 0.2) is 0 Å². The first-order chi connectivity index (χ1) is 8.15. The summed E-state index contributed by atoms with van der Waals surface area (Å²) in [6.07, 6.45) is 0.382. The minimum Gasteiger partial charge on any atom is -0.396 e. The van der Waals surface area contributed by atoms with Crippen molar-refractivity contribution in [3.05, 3.63) is 29.3 Å².